The maximum absolute atomic E-state index is 14.4. The second-order valence-electron chi connectivity index (χ2n) is 8.55. The lowest BCUT2D eigenvalue weighted by Gasteiger charge is -2.33. The fourth-order valence-corrected chi connectivity index (χ4v) is 4.93. The van der Waals surface area contributed by atoms with Crippen molar-refractivity contribution in [1.82, 2.24) is 9.47 Å². The van der Waals surface area contributed by atoms with E-state index >= 15 is 0 Å². The van der Waals surface area contributed by atoms with E-state index < -0.39 is 23.5 Å². The molecule has 186 valence electrons. The highest BCUT2D eigenvalue weighted by atomic mass is 32.1. The Balaban J connectivity index is 1.42. The van der Waals surface area contributed by atoms with Crippen LogP contribution >= 0.6 is 11.3 Å². The largest absolute Gasteiger partial charge is 0.485 e. The van der Waals surface area contributed by atoms with E-state index in [1.165, 1.54) is 4.88 Å². The van der Waals surface area contributed by atoms with Crippen molar-refractivity contribution < 1.29 is 27.8 Å². The zero-order valence-corrected chi connectivity index (χ0v) is 20.8. The summed E-state index contributed by atoms with van der Waals surface area (Å²) in [6, 6.07) is 7.93. The predicted octanol–water partition coefficient (Wildman–Crippen LogP) is 5.01. The first-order valence-corrected chi connectivity index (χ1v) is 12.4. The molecule has 35 heavy (non-hydrogen) atoms. The lowest BCUT2D eigenvalue weighted by molar-refractivity contribution is -0.0410. The quantitative estimate of drug-likeness (QED) is 0.407. The Morgan fingerprint density at radius 2 is 1.94 bits per heavy atom. The molecule has 0 saturated carbocycles. The van der Waals surface area contributed by atoms with Crippen LogP contribution in [0, 0.1) is 25.5 Å². The topological polar surface area (TPSA) is 60.8 Å². The molecule has 1 saturated heterocycles. The smallest absolute Gasteiger partial charge is 0.255 e. The predicted molar refractivity (Wildman–Crippen MR) is 129 cm³/mol. The number of halogens is 2. The van der Waals surface area contributed by atoms with Crippen LogP contribution in [0.25, 0.3) is 0 Å². The van der Waals surface area contributed by atoms with Gasteiger partial charge in [0.2, 0.25) is 0 Å². The van der Waals surface area contributed by atoms with Gasteiger partial charge in [0.15, 0.2) is 23.2 Å². The fraction of sp³-hybridized carbons (Fsp3) is 0.385. The molecule has 1 aliphatic heterocycles. The van der Waals surface area contributed by atoms with E-state index in [1.54, 1.807) is 23.2 Å². The van der Waals surface area contributed by atoms with Crippen molar-refractivity contribution in [1.29, 1.82) is 0 Å². The molecule has 0 N–H and O–H groups in total. The highest BCUT2D eigenvalue weighted by molar-refractivity contribution is 7.09. The summed E-state index contributed by atoms with van der Waals surface area (Å²) in [5, 5.41) is 2.03. The monoisotopic (exact) mass is 502 g/mol. The van der Waals surface area contributed by atoms with Gasteiger partial charge in [0, 0.05) is 34.8 Å². The van der Waals surface area contributed by atoms with Crippen LogP contribution in [-0.4, -0.2) is 53.6 Å². The second-order valence-corrected chi connectivity index (χ2v) is 9.58. The molecular weight excluding hydrogens is 474 g/mol. The van der Waals surface area contributed by atoms with Gasteiger partial charge in [-0.15, -0.1) is 11.3 Å². The van der Waals surface area contributed by atoms with Gasteiger partial charge in [0.05, 0.1) is 25.3 Å². The number of hydrogen-bond acceptors (Lipinski definition) is 5. The van der Waals surface area contributed by atoms with Crippen molar-refractivity contribution in [2.75, 3.05) is 26.3 Å². The number of amides is 1. The molecule has 9 heteroatoms. The number of rotatable bonds is 8. The van der Waals surface area contributed by atoms with E-state index in [0.717, 1.165) is 23.5 Å². The van der Waals surface area contributed by atoms with Crippen LogP contribution in [0.15, 0.2) is 35.7 Å². The molecule has 3 heterocycles. The van der Waals surface area contributed by atoms with Crippen molar-refractivity contribution in [2.45, 2.75) is 39.8 Å². The molecule has 6 nitrogen and oxygen atoms in total. The molecule has 1 atom stereocenters. The average molecular weight is 503 g/mol. The van der Waals surface area contributed by atoms with E-state index in [0.29, 0.717) is 25.3 Å². The summed E-state index contributed by atoms with van der Waals surface area (Å²) < 4.78 is 42.0. The van der Waals surface area contributed by atoms with Gasteiger partial charge < -0.3 is 18.9 Å². The Morgan fingerprint density at radius 3 is 2.60 bits per heavy atom. The number of Topliss-reactive ketones (excluding diaryl/α,β-unsaturated/α-hetero) is 1. The van der Waals surface area contributed by atoms with Gasteiger partial charge in [-0.25, -0.2) is 8.78 Å². The summed E-state index contributed by atoms with van der Waals surface area (Å²) in [6.45, 7) is 7.07. The number of thiophene rings is 1. The first kappa shape index (κ1) is 25.1. The third kappa shape index (κ3) is 5.46. The molecular formula is C26H28F2N2O4S. The molecule has 3 aromatic rings. The highest BCUT2D eigenvalue weighted by Gasteiger charge is 2.28. The van der Waals surface area contributed by atoms with Gasteiger partial charge in [-0.05, 0) is 43.5 Å². The number of ether oxygens (including phenoxy) is 2. The van der Waals surface area contributed by atoms with Gasteiger partial charge in [-0.3, -0.25) is 9.59 Å². The third-order valence-electron chi connectivity index (χ3n) is 6.18. The van der Waals surface area contributed by atoms with Crippen molar-refractivity contribution in [2.24, 2.45) is 0 Å². The van der Waals surface area contributed by atoms with Gasteiger partial charge in [0.1, 0.15) is 12.7 Å². The normalized spacial score (nSPS) is 15.9. The number of morpholine rings is 1. The number of aromatic nitrogens is 1. The zero-order chi connectivity index (χ0) is 25.1. The number of ketones is 1. The lowest BCUT2D eigenvalue weighted by Crippen LogP contribution is -2.47. The highest BCUT2D eigenvalue weighted by Crippen LogP contribution is 2.25. The summed E-state index contributed by atoms with van der Waals surface area (Å²) >= 11 is 1.67. The van der Waals surface area contributed by atoms with E-state index in [2.05, 4.69) is 10.6 Å². The minimum atomic E-state index is -0.941. The van der Waals surface area contributed by atoms with E-state index in [1.807, 2.05) is 31.4 Å². The maximum atomic E-state index is 14.4. The molecule has 0 spiro atoms. The Labute approximate surface area is 207 Å². The Morgan fingerprint density at radius 1 is 1.20 bits per heavy atom. The third-order valence-corrected chi connectivity index (χ3v) is 7.04. The number of carbonyl (C=O) groups is 2. The van der Waals surface area contributed by atoms with E-state index in [9.17, 15) is 18.4 Å². The number of benzene rings is 1. The van der Waals surface area contributed by atoms with Gasteiger partial charge in [-0.2, -0.15) is 0 Å². The van der Waals surface area contributed by atoms with Crippen LogP contribution in [0.1, 0.15) is 50.3 Å². The first-order valence-electron chi connectivity index (χ1n) is 11.5. The SMILES string of the molecule is CCC(=O)c1cc(F)c(OCC2CN(C(=O)c3cc(C)n(Cc4cccs4)c3C)CCO2)c(F)c1. The summed E-state index contributed by atoms with van der Waals surface area (Å²) in [6.07, 6.45) is -0.395. The summed E-state index contributed by atoms with van der Waals surface area (Å²) in [4.78, 5) is 28.0. The Hall–Kier alpha value is -3.04. The molecule has 4 rings (SSSR count). The standard InChI is InChI=1S/C26H28F2N2O4S/c1-4-24(31)18-11-22(27)25(23(28)12-18)34-15-19-13-29(7-8-33-19)26(32)21-10-16(2)30(17(21)3)14-20-6-5-9-35-20/h5-6,9-12,19H,4,7-8,13-15H2,1-3H3. The molecule has 2 aromatic heterocycles. The summed E-state index contributed by atoms with van der Waals surface area (Å²) in [5.74, 6) is -2.90. The number of aryl methyl sites for hydroxylation is 1. The molecule has 1 aromatic carbocycles. The van der Waals surface area contributed by atoms with Gasteiger partial charge in [0.25, 0.3) is 5.91 Å². The minimum Gasteiger partial charge on any atom is -0.485 e. The fourth-order valence-electron chi connectivity index (χ4n) is 4.23. The number of carbonyl (C=O) groups excluding carboxylic acids is 2. The van der Waals surface area contributed by atoms with Crippen molar-refractivity contribution in [3.63, 3.8) is 0 Å². The molecule has 0 aliphatic carbocycles. The summed E-state index contributed by atoms with van der Waals surface area (Å²) in [5.41, 5.74) is 2.50. The van der Waals surface area contributed by atoms with Crippen molar-refractivity contribution in [3.8, 4) is 5.75 Å². The lowest BCUT2D eigenvalue weighted by atomic mass is 10.1. The van der Waals surface area contributed by atoms with Crippen LogP contribution in [-0.2, 0) is 11.3 Å². The van der Waals surface area contributed by atoms with Crippen molar-refractivity contribution in [3.05, 3.63) is 74.7 Å². The molecule has 0 radical (unpaired) electrons. The zero-order valence-electron chi connectivity index (χ0n) is 20.0. The minimum absolute atomic E-state index is 0.0304. The molecule has 1 amide bonds. The Bertz CT molecular complexity index is 1200. The van der Waals surface area contributed by atoms with E-state index in [-0.39, 0.29) is 36.8 Å². The second kappa shape index (κ2) is 10.7. The average Bonchev–Trinajstić information content (AvgIpc) is 3.46. The maximum Gasteiger partial charge on any atom is 0.255 e. The van der Waals surface area contributed by atoms with Crippen LogP contribution in [0.5, 0.6) is 5.75 Å². The van der Waals surface area contributed by atoms with Crippen molar-refractivity contribution >= 4 is 23.0 Å². The van der Waals surface area contributed by atoms with E-state index in [4.69, 9.17) is 9.47 Å². The first-order chi connectivity index (χ1) is 16.8. The van der Waals surface area contributed by atoms with Crippen LogP contribution in [0.3, 0.4) is 0 Å². The summed E-state index contributed by atoms with van der Waals surface area (Å²) in [7, 11) is 0. The van der Waals surface area contributed by atoms with Crippen LogP contribution in [0.2, 0.25) is 0 Å². The molecule has 1 aliphatic rings. The van der Waals surface area contributed by atoms with Crippen LogP contribution in [0.4, 0.5) is 8.78 Å². The molecule has 1 unspecified atom stereocenters. The number of hydrogen-bond donors (Lipinski definition) is 0. The molecule has 1 fully saturated rings. The Kier molecular flexibility index (Phi) is 7.66. The van der Waals surface area contributed by atoms with Crippen LogP contribution < -0.4 is 4.74 Å². The van der Waals surface area contributed by atoms with Gasteiger partial charge in [-0.1, -0.05) is 13.0 Å². The van der Waals surface area contributed by atoms with Gasteiger partial charge >= 0.3 is 0 Å². The number of nitrogens with zero attached hydrogens (tertiary/aromatic N) is 2. The molecule has 0 bridgehead atoms.